The number of ether oxygens (including phenoxy) is 3. The minimum absolute atomic E-state index is 0.0264. The maximum absolute atomic E-state index is 13.7. The molecule has 254 valence electrons. The molecule has 0 radical (unpaired) electrons. The first-order chi connectivity index (χ1) is 22.7. The van der Waals surface area contributed by atoms with Crippen molar-refractivity contribution >= 4 is 45.1 Å². The molecule has 11 nitrogen and oxygen atoms in total. The molecule has 1 aliphatic rings. The van der Waals surface area contributed by atoms with Crippen molar-refractivity contribution in [3.05, 3.63) is 111 Å². The molecule has 48 heavy (non-hydrogen) atoms. The molecular weight excluding hydrogens is 695 g/mol. The molecule has 16 heteroatoms. The molecule has 0 N–H and O–H groups in total. The molecule has 1 aliphatic carbocycles. The maximum Gasteiger partial charge on any atom is 0.387 e. The van der Waals surface area contributed by atoms with Gasteiger partial charge in [-0.2, -0.15) is 13.5 Å². The van der Waals surface area contributed by atoms with Crippen LogP contribution in [0.2, 0.25) is 10.0 Å². The largest absolute Gasteiger partial charge is 0.619 e. The fraction of sp³-hybridized carbons (Fsp3) is 0.281. The maximum atomic E-state index is 13.7. The van der Waals surface area contributed by atoms with Crippen LogP contribution in [0, 0.1) is 11.1 Å². The second-order valence-electron chi connectivity index (χ2n) is 11.2. The molecule has 0 unspecified atom stereocenters. The molecule has 0 spiro atoms. The van der Waals surface area contributed by atoms with E-state index in [-0.39, 0.29) is 67.8 Å². The van der Waals surface area contributed by atoms with Crippen LogP contribution < -0.4 is 14.2 Å². The number of rotatable bonds is 13. The van der Waals surface area contributed by atoms with E-state index < -0.39 is 34.6 Å². The molecule has 0 aliphatic heterocycles. The van der Waals surface area contributed by atoms with Gasteiger partial charge in [0.25, 0.3) is 15.9 Å². The van der Waals surface area contributed by atoms with E-state index >= 15 is 0 Å². The molecule has 0 bridgehead atoms. The van der Waals surface area contributed by atoms with E-state index in [0.29, 0.717) is 4.73 Å². The number of carbonyl (C=O) groups excluding carboxylic acids is 2. The summed E-state index contributed by atoms with van der Waals surface area (Å²) in [6.07, 6.45) is 3.66. The third-order valence-corrected chi connectivity index (χ3v) is 9.73. The Morgan fingerprint density at radius 1 is 1.04 bits per heavy atom. The summed E-state index contributed by atoms with van der Waals surface area (Å²) in [6.45, 7) is -2.88. The van der Waals surface area contributed by atoms with Gasteiger partial charge in [0.05, 0.1) is 11.5 Å². The molecule has 1 saturated carbocycles. The van der Waals surface area contributed by atoms with Gasteiger partial charge in [-0.25, -0.2) is 17.2 Å². The van der Waals surface area contributed by atoms with E-state index in [4.69, 9.17) is 32.7 Å². The highest BCUT2D eigenvalue weighted by Gasteiger charge is 2.30. The predicted octanol–water partition coefficient (Wildman–Crippen LogP) is 5.90. The molecule has 1 atom stereocenters. The van der Waals surface area contributed by atoms with Gasteiger partial charge in [0.2, 0.25) is 0 Å². The van der Waals surface area contributed by atoms with E-state index in [1.54, 1.807) is 0 Å². The number of nitrogens with zero attached hydrogens (tertiary/aromatic N) is 3. The van der Waals surface area contributed by atoms with E-state index in [1.165, 1.54) is 73.6 Å². The van der Waals surface area contributed by atoms with Crippen molar-refractivity contribution in [3.63, 3.8) is 0 Å². The summed E-state index contributed by atoms with van der Waals surface area (Å²) >= 11 is 12.7. The molecule has 1 fully saturated rings. The smallest absolute Gasteiger partial charge is 0.387 e. The number of hydrogen-bond donors (Lipinski definition) is 0. The lowest BCUT2D eigenvalue weighted by Crippen LogP contribution is -2.26. The van der Waals surface area contributed by atoms with Crippen LogP contribution in [0.4, 0.5) is 8.78 Å². The van der Waals surface area contributed by atoms with E-state index in [1.807, 2.05) is 0 Å². The molecule has 4 aromatic rings. The normalized spacial score (nSPS) is 13.6. The highest BCUT2D eigenvalue weighted by atomic mass is 35.5. The lowest BCUT2D eigenvalue weighted by atomic mass is 10.0. The standard InChI is InChI=1S/C32H29Cl2F2N3O8S/c1-37(2)30(40)21-5-3-6-22(13-21)48(43,44)39-12-4-7-26(39)31(41)46-28(15-23-24(33)16-38(42)17-25(23)34)20-10-11-27(47-32(35)36)29(14-20)45-18-19-8-9-19/h3-7,10-14,16-17,19,28,32H,8-9,15,18H2,1-2H3/t28-/m0/s1. The van der Waals surface area contributed by atoms with E-state index in [2.05, 4.69) is 4.74 Å². The number of hydrogen-bond acceptors (Lipinski definition) is 8. The van der Waals surface area contributed by atoms with Crippen molar-refractivity contribution in [1.29, 1.82) is 0 Å². The van der Waals surface area contributed by atoms with Gasteiger partial charge >= 0.3 is 12.6 Å². The Labute approximate surface area is 284 Å². The van der Waals surface area contributed by atoms with Crippen LogP contribution in [0.5, 0.6) is 11.5 Å². The van der Waals surface area contributed by atoms with Gasteiger partial charge in [0, 0.05) is 37.8 Å². The van der Waals surface area contributed by atoms with Gasteiger partial charge in [0.15, 0.2) is 23.9 Å². The van der Waals surface area contributed by atoms with Gasteiger partial charge in [-0.15, -0.1) is 0 Å². The summed E-state index contributed by atoms with van der Waals surface area (Å²) < 4.78 is 71.2. The zero-order valence-electron chi connectivity index (χ0n) is 25.5. The third kappa shape index (κ3) is 8.00. The van der Waals surface area contributed by atoms with Gasteiger partial charge in [-0.3, -0.25) is 4.79 Å². The summed E-state index contributed by atoms with van der Waals surface area (Å²) in [5, 5.41) is 11.8. The number of benzene rings is 2. The van der Waals surface area contributed by atoms with E-state index in [0.717, 1.165) is 35.4 Å². The van der Waals surface area contributed by atoms with Crippen LogP contribution in [0.3, 0.4) is 0 Å². The first-order valence-electron chi connectivity index (χ1n) is 14.5. The lowest BCUT2D eigenvalue weighted by molar-refractivity contribution is -0.605. The predicted molar refractivity (Wildman–Crippen MR) is 170 cm³/mol. The Morgan fingerprint density at radius 3 is 2.40 bits per heavy atom. The zero-order valence-corrected chi connectivity index (χ0v) is 27.8. The van der Waals surface area contributed by atoms with Gasteiger partial charge < -0.3 is 24.3 Å². The third-order valence-electron chi connectivity index (χ3n) is 7.39. The SMILES string of the molecule is CN(C)C(=O)c1cccc(S(=O)(=O)n2cccc2C(=O)O[C@@H](Cc2c(Cl)c[n+]([O-])cc2Cl)c2ccc(OC(F)F)c(OCC3CC3)c2)c1. The Kier molecular flexibility index (Phi) is 10.5. The number of amides is 1. The number of halogens is 4. The molecule has 5 rings (SSSR count). The Hall–Kier alpha value is -4.40. The van der Waals surface area contributed by atoms with Crippen molar-refractivity contribution in [2.45, 2.75) is 36.9 Å². The molecule has 2 heterocycles. The van der Waals surface area contributed by atoms with Crippen molar-refractivity contribution in [1.82, 2.24) is 8.87 Å². The minimum atomic E-state index is -4.41. The van der Waals surface area contributed by atoms with Crippen LogP contribution in [0.25, 0.3) is 0 Å². The number of carbonyl (C=O) groups is 2. The summed E-state index contributed by atoms with van der Waals surface area (Å²) in [4.78, 5) is 27.3. The fourth-order valence-electron chi connectivity index (χ4n) is 4.75. The van der Waals surface area contributed by atoms with Crippen LogP contribution >= 0.6 is 23.2 Å². The molecule has 0 saturated heterocycles. The topological polar surface area (TPSA) is 131 Å². The van der Waals surface area contributed by atoms with E-state index in [9.17, 15) is 32.0 Å². The summed E-state index contributed by atoms with van der Waals surface area (Å²) in [7, 11) is -1.36. The van der Waals surface area contributed by atoms with Gasteiger partial charge in [-0.1, -0.05) is 35.3 Å². The minimum Gasteiger partial charge on any atom is -0.619 e. The molecular formula is C32H29Cl2F2N3O8S. The number of esters is 1. The fourth-order valence-corrected chi connectivity index (χ4v) is 6.72. The van der Waals surface area contributed by atoms with Crippen LogP contribution in [0.15, 0.2) is 78.1 Å². The summed E-state index contributed by atoms with van der Waals surface area (Å²) in [6, 6.07) is 11.9. The Morgan fingerprint density at radius 2 is 1.75 bits per heavy atom. The van der Waals surface area contributed by atoms with Crippen molar-refractivity contribution in [3.8, 4) is 11.5 Å². The summed E-state index contributed by atoms with van der Waals surface area (Å²) in [5.74, 6) is -1.50. The second-order valence-corrected chi connectivity index (χ2v) is 13.8. The lowest BCUT2D eigenvalue weighted by Gasteiger charge is -2.22. The average Bonchev–Trinajstić information content (AvgIpc) is 3.72. The first kappa shape index (κ1) is 34.9. The van der Waals surface area contributed by atoms with Crippen LogP contribution in [-0.4, -0.2) is 56.5 Å². The van der Waals surface area contributed by atoms with Crippen molar-refractivity contribution in [2.24, 2.45) is 5.92 Å². The van der Waals surface area contributed by atoms with Crippen molar-refractivity contribution < 1.29 is 45.7 Å². The molecule has 1 amide bonds. The Balaban J connectivity index is 1.52. The average molecular weight is 725 g/mol. The second kappa shape index (κ2) is 14.4. The molecule has 2 aromatic heterocycles. The van der Waals surface area contributed by atoms with Crippen LogP contribution in [0.1, 0.15) is 50.9 Å². The van der Waals surface area contributed by atoms with Crippen molar-refractivity contribution in [2.75, 3.05) is 20.7 Å². The highest BCUT2D eigenvalue weighted by Crippen LogP contribution is 2.38. The number of aromatic nitrogens is 2. The quantitative estimate of drug-likeness (QED) is 0.0947. The Bertz CT molecular complexity index is 1930. The zero-order chi connectivity index (χ0) is 34.7. The van der Waals surface area contributed by atoms with Gasteiger partial charge in [0.1, 0.15) is 21.8 Å². The number of pyridine rings is 1. The highest BCUT2D eigenvalue weighted by molar-refractivity contribution is 7.90. The van der Waals surface area contributed by atoms with Crippen LogP contribution in [-0.2, 0) is 21.2 Å². The van der Waals surface area contributed by atoms with Gasteiger partial charge in [-0.05, 0) is 66.8 Å². The monoisotopic (exact) mass is 723 g/mol. The number of alkyl halides is 2. The molecule has 2 aromatic carbocycles. The summed E-state index contributed by atoms with van der Waals surface area (Å²) in [5.41, 5.74) is 0.210. The first-order valence-corrected chi connectivity index (χ1v) is 16.7.